The molecular weight excluding hydrogens is 184 g/mol. The quantitative estimate of drug-likeness (QED) is 0.726. The summed E-state index contributed by atoms with van der Waals surface area (Å²) in [5.41, 5.74) is 0.443. The van der Waals surface area contributed by atoms with Gasteiger partial charge < -0.3 is 15.0 Å². The smallest absolute Gasteiger partial charge is 0.325 e. The molecule has 1 unspecified atom stereocenters. The maximum atomic E-state index is 11.4. The number of hydrogen-bond acceptors (Lipinski definition) is 2. The molecule has 0 radical (unpaired) electrons. The molecular formula is C9H12N2O3. The van der Waals surface area contributed by atoms with E-state index in [2.05, 4.69) is 5.32 Å². The Morgan fingerprint density at radius 2 is 2.21 bits per heavy atom. The topological polar surface area (TPSA) is 71.3 Å². The Morgan fingerprint density at radius 3 is 2.64 bits per heavy atom. The lowest BCUT2D eigenvalue weighted by molar-refractivity contribution is -0.138. The van der Waals surface area contributed by atoms with Crippen LogP contribution in [0.1, 0.15) is 17.4 Å². The van der Waals surface area contributed by atoms with Crippen LogP contribution in [-0.2, 0) is 11.8 Å². The third-order valence-electron chi connectivity index (χ3n) is 1.89. The second kappa shape index (κ2) is 3.95. The van der Waals surface area contributed by atoms with Crippen LogP contribution in [0.5, 0.6) is 0 Å². The van der Waals surface area contributed by atoms with Crippen molar-refractivity contribution < 1.29 is 14.7 Å². The van der Waals surface area contributed by atoms with Gasteiger partial charge >= 0.3 is 5.97 Å². The van der Waals surface area contributed by atoms with Crippen LogP contribution in [0.25, 0.3) is 0 Å². The number of carbonyl (C=O) groups excluding carboxylic acids is 1. The molecule has 1 aromatic heterocycles. The molecule has 0 aromatic carbocycles. The van der Waals surface area contributed by atoms with Crippen LogP contribution in [-0.4, -0.2) is 27.6 Å². The third kappa shape index (κ3) is 2.12. The lowest BCUT2D eigenvalue weighted by Crippen LogP contribution is -2.38. The normalized spacial score (nSPS) is 12.1. The first-order valence-corrected chi connectivity index (χ1v) is 4.17. The van der Waals surface area contributed by atoms with Crippen LogP contribution in [0, 0.1) is 0 Å². The number of carboxylic acids is 1. The lowest BCUT2D eigenvalue weighted by atomic mass is 10.3. The summed E-state index contributed by atoms with van der Waals surface area (Å²) in [6.07, 6.45) is 1.72. The predicted molar refractivity (Wildman–Crippen MR) is 50.0 cm³/mol. The maximum absolute atomic E-state index is 11.4. The van der Waals surface area contributed by atoms with Crippen molar-refractivity contribution in [2.24, 2.45) is 7.05 Å². The molecule has 76 valence electrons. The molecule has 1 rings (SSSR count). The molecule has 0 fully saturated rings. The van der Waals surface area contributed by atoms with Crippen LogP contribution in [0.4, 0.5) is 0 Å². The van der Waals surface area contributed by atoms with E-state index in [1.54, 1.807) is 29.9 Å². The minimum Gasteiger partial charge on any atom is -0.480 e. The molecule has 0 bridgehead atoms. The van der Waals surface area contributed by atoms with Gasteiger partial charge in [0.15, 0.2) is 0 Å². The van der Waals surface area contributed by atoms with Crippen LogP contribution in [0.15, 0.2) is 18.3 Å². The Bertz CT molecular complexity index is 357. The Morgan fingerprint density at radius 1 is 1.57 bits per heavy atom. The molecule has 0 spiro atoms. The number of amides is 1. The summed E-state index contributed by atoms with van der Waals surface area (Å²) >= 11 is 0. The van der Waals surface area contributed by atoms with Gasteiger partial charge in [0.2, 0.25) is 0 Å². The standard InChI is InChI=1S/C9H12N2O3/c1-6(9(13)14)10-8(12)7-4-3-5-11(7)2/h3-6H,1-2H3,(H,10,12)(H,13,14). The first kappa shape index (κ1) is 10.3. The van der Waals surface area contributed by atoms with Crippen molar-refractivity contribution in [3.05, 3.63) is 24.0 Å². The van der Waals surface area contributed by atoms with Crippen molar-refractivity contribution in [3.8, 4) is 0 Å². The molecule has 1 aromatic rings. The molecule has 1 atom stereocenters. The number of aliphatic carboxylic acids is 1. The average molecular weight is 196 g/mol. The van der Waals surface area contributed by atoms with Crippen molar-refractivity contribution in [2.75, 3.05) is 0 Å². The second-order valence-corrected chi connectivity index (χ2v) is 3.04. The van der Waals surface area contributed by atoms with E-state index in [0.717, 1.165) is 0 Å². The van der Waals surface area contributed by atoms with Crippen LogP contribution in [0.2, 0.25) is 0 Å². The van der Waals surface area contributed by atoms with Crippen molar-refractivity contribution in [1.29, 1.82) is 0 Å². The van der Waals surface area contributed by atoms with Crippen LogP contribution >= 0.6 is 0 Å². The maximum Gasteiger partial charge on any atom is 0.325 e. The van der Waals surface area contributed by atoms with Gasteiger partial charge in [-0.3, -0.25) is 9.59 Å². The molecule has 0 aliphatic carbocycles. The molecule has 14 heavy (non-hydrogen) atoms. The number of rotatable bonds is 3. The molecule has 5 nitrogen and oxygen atoms in total. The van der Waals surface area contributed by atoms with E-state index in [0.29, 0.717) is 5.69 Å². The molecule has 1 heterocycles. The highest BCUT2D eigenvalue weighted by Gasteiger charge is 2.16. The van der Waals surface area contributed by atoms with E-state index in [1.807, 2.05) is 0 Å². The SMILES string of the molecule is CC(NC(=O)c1cccn1C)C(=O)O. The summed E-state index contributed by atoms with van der Waals surface area (Å²) in [5.74, 6) is -1.43. The highest BCUT2D eigenvalue weighted by molar-refractivity contribution is 5.95. The van der Waals surface area contributed by atoms with Gasteiger partial charge in [-0.1, -0.05) is 0 Å². The van der Waals surface area contributed by atoms with Crippen LogP contribution < -0.4 is 5.32 Å². The fraction of sp³-hybridized carbons (Fsp3) is 0.333. The lowest BCUT2D eigenvalue weighted by Gasteiger charge is -2.09. The van der Waals surface area contributed by atoms with Gasteiger partial charge in [0.1, 0.15) is 11.7 Å². The number of nitrogens with zero attached hydrogens (tertiary/aromatic N) is 1. The molecule has 2 N–H and O–H groups in total. The summed E-state index contributed by atoms with van der Waals surface area (Å²) in [7, 11) is 1.72. The number of carbonyl (C=O) groups is 2. The molecule has 0 aliphatic heterocycles. The Kier molecular flexibility index (Phi) is 2.91. The van der Waals surface area contributed by atoms with Crippen molar-refractivity contribution in [1.82, 2.24) is 9.88 Å². The van der Waals surface area contributed by atoms with Gasteiger partial charge in [0, 0.05) is 13.2 Å². The highest BCUT2D eigenvalue weighted by Crippen LogP contribution is 1.99. The number of hydrogen-bond donors (Lipinski definition) is 2. The molecule has 5 heteroatoms. The largest absolute Gasteiger partial charge is 0.480 e. The Balaban J connectivity index is 2.69. The number of aromatic nitrogens is 1. The summed E-state index contributed by atoms with van der Waals surface area (Å²) in [5, 5.41) is 10.9. The first-order chi connectivity index (χ1) is 6.52. The minimum absolute atomic E-state index is 0.382. The predicted octanol–water partition coefficient (Wildman–Crippen LogP) is 0.228. The minimum atomic E-state index is -1.05. The summed E-state index contributed by atoms with van der Waals surface area (Å²) in [6, 6.07) is 2.47. The number of carboxylic acid groups (broad SMARTS) is 1. The monoisotopic (exact) mass is 196 g/mol. The summed E-state index contributed by atoms with van der Waals surface area (Å²) < 4.78 is 1.63. The van der Waals surface area contributed by atoms with Crippen molar-refractivity contribution in [2.45, 2.75) is 13.0 Å². The fourth-order valence-electron chi connectivity index (χ4n) is 1.03. The zero-order valence-corrected chi connectivity index (χ0v) is 8.02. The number of aryl methyl sites for hydroxylation is 1. The molecule has 0 aliphatic rings. The zero-order chi connectivity index (χ0) is 10.7. The van der Waals surface area contributed by atoms with E-state index < -0.39 is 12.0 Å². The van der Waals surface area contributed by atoms with Gasteiger partial charge in [0.25, 0.3) is 5.91 Å². The Hall–Kier alpha value is -1.78. The van der Waals surface area contributed by atoms with E-state index >= 15 is 0 Å². The summed E-state index contributed by atoms with van der Waals surface area (Å²) in [4.78, 5) is 21.9. The van der Waals surface area contributed by atoms with Crippen molar-refractivity contribution >= 4 is 11.9 Å². The first-order valence-electron chi connectivity index (χ1n) is 4.17. The van der Waals surface area contributed by atoms with Gasteiger partial charge in [-0.05, 0) is 19.1 Å². The average Bonchev–Trinajstić information content (AvgIpc) is 2.51. The third-order valence-corrected chi connectivity index (χ3v) is 1.89. The van der Waals surface area contributed by atoms with Gasteiger partial charge in [-0.2, -0.15) is 0 Å². The fourth-order valence-corrected chi connectivity index (χ4v) is 1.03. The van der Waals surface area contributed by atoms with E-state index in [1.165, 1.54) is 6.92 Å². The Labute approximate surface area is 81.3 Å². The second-order valence-electron chi connectivity index (χ2n) is 3.04. The van der Waals surface area contributed by atoms with E-state index in [9.17, 15) is 9.59 Å². The van der Waals surface area contributed by atoms with Gasteiger partial charge in [-0.25, -0.2) is 0 Å². The van der Waals surface area contributed by atoms with Gasteiger partial charge in [0.05, 0.1) is 0 Å². The highest BCUT2D eigenvalue weighted by atomic mass is 16.4. The van der Waals surface area contributed by atoms with Crippen molar-refractivity contribution in [3.63, 3.8) is 0 Å². The molecule has 1 amide bonds. The van der Waals surface area contributed by atoms with E-state index in [-0.39, 0.29) is 5.91 Å². The zero-order valence-electron chi connectivity index (χ0n) is 8.02. The molecule has 0 saturated carbocycles. The summed E-state index contributed by atoms with van der Waals surface area (Å²) in [6.45, 7) is 1.42. The van der Waals surface area contributed by atoms with Gasteiger partial charge in [-0.15, -0.1) is 0 Å². The number of nitrogens with one attached hydrogen (secondary N) is 1. The van der Waals surface area contributed by atoms with E-state index in [4.69, 9.17) is 5.11 Å². The molecule has 0 saturated heterocycles. The van der Waals surface area contributed by atoms with Crippen LogP contribution in [0.3, 0.4) is 0 Å².